The number of H-pyrrole nitrogens is 1. The average molecular weight is 538 g/mol. The number of hydrogen-bond acceptors (Lipinski definition) is 7. The number of fused-ring (bicyclic) bond motifs is 1. The molecule has 4 N–H and O–H groups in total. The van der Waals surface area contributed by atoms with E-state index in [4.69, 9.17) is 15.2 Å². The van der Waals surface area contributed by atoms with Crippen LogP contribution in [0.3, 0.4) is 0 Å². The van der Waals surface area contributed by atoms with Gasteiger partial charge in [0.05, 0.1) is 26.1 Å². The number of aromatic amines is 1. The van der Waals surface area contributed by atoms with Crippen molar-refractivity contribution in [3.8, 4) is 5.75 Å². The third-order valence-corrected chi connectivity index (χ3v) is 7.85. The zero-order valence-corrected chi connectivity index (χ0v) is 22.1. The third-order valence-electron chi connectivity index (χ3n) is 7.85. The third kappa shape index (κ3) is 4.53. The van der Waals surface area contributed by atoms with Crippen molar-refractivity contribution in [2.24, 2.45) is 5.92 Å². The van der Waals surface area contributed by atoms with Crippen LogP contribution in [0.2, 0.25) is 0 Å². The van der Waals surface area contributed by atoms with Gasteiger partial charge in [-0.1, -0.05) is 72.8 Å². The molecule has 3 atom stereocenters. The number of aliphatic hydroxyl groups excluding tert-OH is 1. The highest BCUT2D eigenvalue weighted by molar-refractivity contribution is 5.70. The molecule has 1 aliphatic rings. The minimum absolute atomic E-state index is 0.0349. The first-order valence-electron chi connectivity index (χ1n) is 13.3. The minimum Gasteiger partial charge on any atom is -0.497 e. The van der Waals surface area contributed by atoms with Crippen molar-refractivity contribution in [3.05, 3.63) is 118 Å². The van der Waals surface area contributed by atoms with Gasteiger partial charge in [0, 0.05) is 12.0 Å². The van der Waals surface area contributed by atoms with Gasteiger partial charge >= 0.3 is 0 Å². The molecule has 1 saturated carbocycles. The number of nitrogen functional groups attached to an aromatic ring is 1. The molecule has 204 valence electrons. The van der Waals surface area contributed by atoms with Crippen LogP contribution < -0.4 is 16.0 Å². The number of aromatic nitrogens is 4. The zero-order chi connectivity index (χ0) is 27.7. The van der Waals surface area contributed by atoms with Crippen molar-refractivity contribution in [2.75, 3.05) is 19.5 Å². The van der Waals surface area contributed by atoms with Gasteiger partial charge in [-0.15, -0.1) is 0 Å². The highest BCUT2D eigenvalue weighted by Gasteiger charge is 2.41. The Kier molecular flexibility index (Phi) is 6.83. The van der Waals surface area contributed by atoms with Crippen LogP contribution in [0.5, 0.6) is 5.75 Å². The Balaban J connectivity index is 1.36. The first kappa shape index (κ1) is 25.8. The number of benzene rings is 3. The van der Waals surface area contributed by atoms with E-state index >= 15 is 0 Å². The van der Waals surface area contributed by atoms with Crippen LogP contribution in [0.1, 0.15) is 35.6 Å². The van der Waals surface area contributed by atoms with Crippen molar-refractivity contribution < 1.29 is 14.6 Å². The van der Waals surface area contributed by atoms with Crippen LogP contribution in [0.15, 0.2) is 96.1 Å². The predicted molar refractivity (Wildman–Crippen MR) is 152 cm³/mol. The van der Waals surface area contributed by atoms with Crippen molar-refractivity contribution in [2.45, 2.75) is 30.6 Å². The quantitative estimate of drug-likeness (QED) is 0.255. The van der Waals surface area contributed by atoms with Gasteiger partial charge < -0.3 is 24.9 Å². The summed E-state index contributed by atoms with van der Waals surface area (Å²) in [4.78, 5) is 23.3. The van der Waals surface area contributed by atoms with Gasteiger partial charge in [0.25, 0.3) is 5.56 Å². The maximum Gasteiger partial charge on any atom is 0.280 e. The van der Waals surface area contributed by atoms with Gasteiger partial charge in [-0.05, 0) is 41.7 Å². The highest BCUT2D eigenvalue weighted by atomic mass is 16.5. The van der Waals surface area contributed by atoms with E-state index in [2.05, 4.69) is 39.2 Å². The number of aliphatic hydroxyl groups is 1. The lowest BCUT2D eigenvalue weighted by molar-refractivity contribution is -0.0296. The summed E-state index contributed by atoms with van der Waals surface area (Å²) in [5, 5.41) is 11.2. The second-order valence-electron chi connectivity index (χ2n) is 10.2. The van der Waals surface area contributed by atoms with Crippen LogP contribution >= 0.6 is 0 Å². The molecule has 1 fully saturated rings. The molecule has 2 heterocycles. The Morgan fingerprint density at radius 1 is 0.975 bits per heavy atom. The maximum absolute atomic E-state index is 12.3. The van der Waals surface area contributed by atoms with Gasteiger partial charge in [0.2, 0.25) is 5.95 Å². The molecule has 0 aliphatic heterocycles. The van der Waals surface area contributed by atoms with Crippen molar-refractivity contribution in [1.82, 2.24) is 19.5 Å². The molecule has 2 aromatic heterocycles. The Morgan fingerprint density at radius 2 is 1.60 bits per heavy atom. The lowest BCUT2D eigenvalue weighted by Crippen LogP contribution is -2.35. The molecule has 40 heavy (non-hydrogen) atoms. The summed E-state index contributed by atoms with van der Waals surface area (Å²) < 4.78 is 14.3. The summed E-state index contributed by atoms with van der Waals surface area (Å²) >= 11 is 0. The standard InChI is InChI=1S/C31H31N5O4/c1-39-25-14-12-23(13-15-25)31(21-8-4-2-5-9-21,22-10-6-3-7-11-22)40-18-20-16-24(17-26(20)37)36-19-33-27-28(36)34-30(32)35-29(27)38/h2-15,19-20,24,26,37H,16-18H2,1H3,(H3,32,34,35,38)/t20-,24-,26+/m0/s1. The molecule has 5 aromatic rings. The lowest BCUT2D eigenvalue weighted by Gasteiger charge is -2.37. The van der Waals surface area contributed by atoms with Gasteiger partial charge in [0.1, 0.15) is 11.4 Å². The molecular weight excluding hydrogens is 506 g/mol. The van der Waals surface area contributed by atoms with Crippen molar-refractivity contribution in [1.29, 1.82) is 0 Å². The fourth-order valence-corrected chi connectivity index (χ4v) is 5.84. The second-order valence-corrected chi connectivity index (χ2v) is 10.2. The summed E-state index contributed by atoms with van der Waals surface area (Å²) in [6.45, 7) is 0.302. The predicted octanol–water partition coefficient (Wildman–Crippen LogP) is 4.03. The second kappa shape index (κ2) is 10.6. The first-order valence-corrected chi connectivity index (χ1v) is 13.3. The van der Waals surface area contributed by atoms with Crippen LogP contribution in [0.25, 0.3) is 11.2 Å². The molecule has 9 nitrogen and oxygen atoms in total. The normalized spacial score (nSPS) is 19.2. The molecule has 1 aliphatic carbocycles. The number of nitrogens with zero attached hydrogens (tertiary/aromatic N) is 3. The van der Waals surface area contributed by atoms with Crippen LogP contribution in [0, 0.1) is 5.92 Å². The Labute approximate surface area is 231 Å². The Bertz CT molecular complexity index is 1610. The molecule has 0 radical (unpaired) electrons. The Morgan fingerprint density at radius 3 is 2.23 bits per heavy atom. The molecule has 0 amide bonds. The van der Waals surface area contributed by atoms with Crippen molar-refractivity contribution >= 4 is 17.1 Å². The van der Waals surface area contributed by atoms with E-state index in [0.29, 0.717) is 25.1 Å². The summed E-state index contributed by atoms with van der Waals surface area (Å²) in [5.74, 6) is 0.632. The van der Waals surface area contributed by atoms with Crippen LogP contribution in [-0.2, 0) is 10.3 Å². The first-order chi connectivity index (χ1) is 19.5. The van der Waals surface area contributed by atoms with Crippen molar-refractivity contribution in [3.63, 3.8) is 0 Å². The zero-order valence-electron chi connectivity index (χ0n) is 22.1. The largest absolute Gasteiger partial charge is 0.497 e. The molecule has 6 rings (SSSR count). The van der Waals surface area contributed by atoms with E-state index in [1.54, 1.807) is 13.4 Å². The van der Waals surface area contributed by atoms with E-state index in [-0.39, 0.29) is 29.0 Å². The number of methoxy groups -OCH3 is 1. The fraction of sp³-hybridized carbons (Fsp3) is 0.258. The maximum atomic E-state index is 12.3. The van der Waals surface area contributed by atoms with E-state index < -0.39 is 11.7 Å². The average Bonchev–Trinajstić information content (AvgIpc) is 3.58. The molecule has 9 heteroatoms. The van der Waals surface area contributed by atoms with Crippen LogP contribution in [-0.4, -0.2) is 44.4 Å². The number of nitrogens with one attached hydrogen (secondary N) is 1. The van der Waals surface area contributed by atoms with E-state index in [0.717, 1.165) is 22.4 Å². The minimum atomic E-state index is -0.919. The SMILES string of the molecule is COc1ccc(C(OC[C@@H]2C[C@H](n3cnc4c(=O)[nH]c(N)nc43)C[C@H]2O)(c2ccccc2)c2ccccc2)cc1. The monoisotopic (exact) mass is 537 g/mol. The number of rotatable bonds is 8. The number of nitrogens with two attached hydrogens (primary N) is 1. The Hall–Kier alpha value is -4.47. The number of ether oxygens (including phenoxy) is 2. The van der Waals surface area contributed by atoms with Gasteiger partial charge in [0.15, 0.2) is 11.2 Å². The van der Waals surface area contributed by atoms with E-state index in [9.17, 15) is 9.90 Å². The van der Waals surface area contributed by atoms with E-state index in [1.165, 1.54) is 0 Å². The van der Waals surface area contributed by atoms with Gasteiger partial charge in [-0.3, -0.25) is 9.78 Å². The summed E-state index contributed by atoms with van der Waals surface area (Å²) in [7, 11) is 1.65. The molecule has 0 unspecified atom stereocenters. The van der Waals surface area contributed by atoms with Gasteiger partial charge in [-0.25, -0.2) is 4.98 Å². The van der Waals surface area contributed by atoms with E-state index in [1.807, 2.05) is 65.2 Å². The highest BCUT2D eigenvalue weighted by Crippen LogP contribution is 2.43. The molecular formula is C31H31N5O4. The molecule has 0 saturated heterocycles. The fourth-order valence-electron chi connectivity index (χ4n) is 5.84. The molecule has 0 bridgehead atoms. The smallest absolute Gasteiger partial charge is 0.280 e. The molecule has 0 spiro atoms. The van der Waals surface area contributed by atoms with Gasteiger partial charge in [-0.2, -0.15) is 4.98 Å². The summed E-state index contributed by atoms with van der Waals surface area (Å²) in [6, 6.07) is 28.1. The number of anilines is 1. The summed E-state index contributed by atoms with van der Waals surface area (Å²) in [5.41, 5.74) is 8.07. The molecule has 3 aromatic carbocycles. The number of hydrogen-bond donors (Lipinski definition) is 3. The summed E-state index contributed by atoms with van der Waals surface area (Å²) in [6.07, 6.45) is 2.10. The topological polar surface area (TPSA) is 128 Å². The number of imidazole rings is 1. The lowest BCUT2D eigenvalue weighted by atomic mass is 9.80. The van der Waals surface area contributed by atoms with Crippen LogP contribution in [0.4, 0.5) is 5.95 Å².